The van der Waals surface area contributed by atoms with Crippen molar-refractivity contribution < 1.29 is 29.6 Å². The number of carbonyl (C=O) groups excluding carboxylic acids is 1. The molecule has 0 amide bonds. The number of aromatic carboxylic acids is 1. The predicted molar refractivity (Wildman–Crippen MR) is 132 cm³/mol. The van der Waals surface area contributed by atoms with Crippen LogP contribution in [0.1, 0.15) is 87.4 Å². The second-order valence-electron chi connectivity index (χ2n) is 8.75. The van der Waals surface area contributed by atoms with Gasteiger partial charge in [0.2, 0.25) is 0 Å². The topological polar surface area (TPSA) is 104 Å². The smallest absolute Gasteiger partial charge is 0.340 e. The van der Waals surface area contributed by atoms with Crippen LogP contribution in [0.25, 0.3) is 0 Å². The number of phenols is 2. The van der Waals surface area contributed by atoms with Crippen LogP contribution in [0.2, 0.25) is 0 Å². The third-order valence-electron chi connectivity index (χ3n) is 7.10. The van der Waals surface area contributed by atoms with Gasteiger partial charge in [0, 0.05) is 16.7 Å². The molecule has 3 N–H and O–H groups in total. The van der Waals surface area contributed by atoms with Crippen molar-refractivity contribution in [2.45, 2.75) is 59.0 Å². The van der Waals surface area contributed by atoms with E-state index in [4.69, 9.17) is 4.74 Å². The summed E-state index contributed by atoms with van der Waals surface area (Å²) < 4.78 is 6.08. The lowest BCUT2D eigenvalue weighted by Gasteiger charge is -2.33. The monoisotopic (exact) mass is 474 g/mol. The summed E-state index contributed by atoms with van der Waals surface area (Å²) in [5, 5.41) is 32.7. The minimum absolute atomic E-state index is 0.0211. The Kier molecular flexibility index (Phi) is 6.32. The molecule has 6 nitrogen and oxygen atoms in total. The van der Waals surface area contributed by atoms with Crippen LogP contribution < -0.4 is 0 Å². The van der Waals surface area contributed by atoms with Crippen LogP contribution in [0.15, 0.2) is 42.5 Å². The predicted octanol–water partition coefficient (Wildman–Crippen LogP) is 5.51. The molecular weight excluding hydrogens is 444 g/mol. The van der Waals surface area contributed by atoms with Crippen LogP contribution in [0, 0.1) is 0 Å². The minimum Gasteiger partial charge on any atom is -0.507 e. The number of aryl methyl sites for hydroxylation is 2. The van der Waals surface area contributed by atoms with Crippen molar-refractivity contribution in [2.24, 2.45) is 0 Å². The maximum atomic E-state index is 13.2. The van der Waals surface area contributed by atoms with Gasteiger partial charge in [0.1, 0.15) is 11.5 Å². The number of ether oxygens (including phenoxy) is 1. The van der Waals surface area contributed by atoms with Gasteiger partial charge >= 0.3 is 11.9 Å². The number of carboxylic acid groups (broad SMARTS) is 1. The molecule has 1 heterocycles. The van der Waals surface area contributed by atoms with E-state index in [0.29, 0.717) is 36.8 Å². The van der Waals surface area contributed by atoms with Gasteiger partial charge in [-0.3, -0.25) is 0 Å². The minimum atomic E-state index is -1.71. The second kappa shape index (κ2) is 9.10. The second-order valence-corrected chi connectivity index (χ2v) is 8.75. The number of carbonyl (C=O) groups is 2. The van der Waals surface area contributed by atoms with Crippen LogP contribution >= 0.6 is 0 Å². The van der Waals surface area contributed by atoms with Gasteiger partial charge in [-0.05, 0) is 66.1 Å². The van der Waals surface area contributed by atoms with E-state index in [2.05, 4.69) is 0 Å². The maximum absolute atomic E-state index is 13.2. The van der Waals surface area contributed by atoms with E-state index in [1.165, 1.54) is 18.2 Å². The number of hydrogen-bond acceptors (Lipinski definition) is 5. The fourth-order valence-electron chi connectivity index (χ4n) is 5.32. The highest BCUT2D eigenvalue weighted by molar-refractivity contribution is 5.99. The van der Waals surface area contributed by atoms with E-state index in [1.54, 1.807) is 12.1 Å². The first-order chi connectivity index (χ1) is 16.7. The van der Waals surface area contributed by atoms with Crippen LogP contribution in [-0.4, -0.2) is 27.3 Å². The first kappa shape index (κ1) is 24.3. The van der Waals surface area contributed by atoms with E-state index >= 15 is 0 Å². The molecule has 0 bridgehead atoms. The molecule has 1 aliphatic heterocycles. The van der Waals surface area contributed by atoms with Crippen molar-refractivity contribution in [3.05, 3.63) is 92.5 Å². The fourth-order valence-corrected chi connectivity index (χ4v) is 5.32. The van der Waals surface area contributed by atoms with Gasteiger partial charge in [0.05, 0.1) is 11.1 Å². The van der Waals surface area contributed by atoms with Gasteiger partial charge in [-0.15, -0.1) is 0 Å². The summed E-state index contributed by atoms with van der Waals surface area (Å²) in [4.78, 5) is 25.0. The first-order valence-corrected chi connectivity index (χ1v) is 12.0. The lowest BCUT2D eigenvalue weighted by atomic mass is 9.76. The Morgan fingerprint density at radius 2 is 1.29 bits per heavy atom. The fraction of sp³-hybridized carbons (Fsp3) is 0.310. The molecule has 0 aromatic heterocycles. The summed E-state index contributed by atoms with van der Waals surface area (Å²) in [6, 6.07) is 11.4. The molecule has 1 aliphatic rings. The van der Waals surface area contributed by atoms with Crippen molar-refractivity contribution in [3.8, 4) is 11.5 Å². The van der Waals surface area contributed by atoms with Crippen molar-refractivity contribution >= 4 is 11.9 Å². The zero-order valence-electron chi connectivity index (χ0n) is 20.4. The molecule has 0 atom stereocenters. The molecule has 0 aliphatic carbocycles. The summed E-state index contributed by atoms with van der Waals surface area (Å²) in [6.45, 7) is 7.86. The normalized spacial score (nSPS) is 14.0. The van der Waals surface area contributed by atoms with Crippen LogP contribution in [0.4, 0.5) is 0 Å². The van der Waals surface area contributed by atoms with Crippen LogP contribution in [0.3, 0.4) is 0 Å². The number of aromatic hydroxyl groups is 2. The number of benzene rings is 3. The molecule has 0 fully saturated rings. The number of phenolic OH excluding ortho intramolecular Hbond substituents is 2. The Morgan fingerprint density at radius 1 is 0.771 bits per heavy atom. The molecule has 3 aromatic carbocycles. The van der Waals surface area contributed by atoms with Gasteiger partial charge in [-0.1, -0.05) is 52.0 Å². The number of cyclic esters (lactones) is 1. The Labute approximate surface area is 204 Å². The largest absolute Gasteiger partial charge is 0.507 e. The summed E-state index contributed by atoms with van der Waals surface area (Å²) in [5.41, 5.74) is 2.72. The zero-order chi connectivity index (χ0) is 25.5. The van der Waals surface area contributed by atoms with Gasteiger partial charge < -0.3 is 20.1 Å². The maximum Gasteiger partial charge on any atom is 0.340 e. The lowest BCUT2D eigenvalue weighted by Crippen LogP contribution is -2.31. The molecule has 0 spiro atoms. The number of fused-ring (bicyclic) bond motifs is 1. The van der Waals surface area contributed by atoms with E-state index < -0.39 is 17.5 Å². The summed E-state index contributed by atoms with van der Waals surface area (Å²) >= 11 is 0. The molecule has 0 saturated carbocycles. The first-order valence-electron chi connectivity index (χ1n) is 12.0. The van der Waals surface area contributed by atoms with E-state index in [1.807, 2.05) is 39.8 Å². The highest BCUT2D eigenvalue weighted by Crippen LogP contribution is 2.53. The van der Waals surface area contributed by atoms with Crippen molar-refractivity contribution in [2.75, 3.05) is 0 Å². The molecule has 0 unspecified atom stereocenters. The Hall–Kier alpha value is -3.80. The van der Waals surface area contributed by atoms with E-state index in [0.717, 1.165) is 22.3 Å². The summed E-state index contributed by atoms with van der Waals surface area (Å²) in [6.07, 6.45) is 2.52. The quantitative estimate of drug-likeness (QED) is 0.390. The van der Waals surface area contributed by atoms with Crippen LogP contribution in [0.5, 0.6) is 11.5 Å². The molecule has 6 heteroatoms. The SMILES string of the molecule is CCc1ccc(C2(c3ccc(CC)c(CC)c3O)OC(=O)c3ccc(C(=O)O)cc32)c(O)c1CC. The summed E-state index contributed by atoms with van der Waals surface area (Å²) in [7, 11) is 0. The lowest BCUT2D eigenvalue weighted by molar-refractivity contribution is 0.0239. The molecule has 3 aromatic rings. The highest BCUT2D eigenvalue weighted by atomic mass is 16.6. The molecular formula is C29H30O6. The van der Waals surface area contributed by atoms with E-state index in [-0.39, 0.29) is 28.2 Å². The third-order valence-corrected chi connectivity index (χ3v) is 7.10. The molecule has 0 saturated heterocycles. The van der Waals surface area contributed by atoms with Crippen molar-refractivity contribution in [1.29, 1.82) is 0 Å². The zero-order valence-corrected chi connectivity index (χ0v) is 20.4. The summed E-state index contributed by atoms with van der Waals surface area (Å²) in [5.74, 6) is -1.85. The Bertz CT molecular complexity index is 1280. The Morgan fingerprint density at radius 3 is 1.71 bits per heavy atom. The van der Waals surface area contributed by atoms with Gasteiger partial charge in [0.15, 0.2) is 5.60 Å². The number of esters is 1. The van der Waals surface area contributed by atoms with Gasteiger partial charge in [0.25, 0.3) is 0 Å². The number of rotatable bonds is 7. The van der Waals surface area contributed by atoms with Gasteiger partial charge in [-0.2, -0.15) is 0 Å². The van der Waals surface area contributed by atoms with E-state index in [9.17, 15) is 24.9 Å². The van der Waals surface area contributed by atoms with Crippen molar-refractivity contribution in [3.63, 3.8) is 0 Å². The average molecular weight is 475 g/mol. The molecule has 35 heavy (non-hydrogen) atoms. The van der Waals surface area contributed by atoms with Crippen molar-refractivity contribution in [1.82, 2.24) is 0 Å². The average Bonchev–Trinajstić information content (AvgIpc) is 3.15. The Balaban J connectivity index is 2.17. The van der Waals surface area contributed by atoms with Gasteiger partial charge in [-0.25, -0.2) is 9.59 Å². The number of hydrogen-bond donors (Lipinski definition) is 3. The third kappa shape index (κ3) is 3.55. The van der Waals surface area contributed by atoms with Crippen LogP contribution in [-0.2, 0) is 36.0 Å². The number of carboxylic acids is 1. The standard InChI is InChI=1S/C29H30O6/c1-5-16-10-13-22(25(30)19(16)7-3)29(23-14-11-17(6-2)20(8-4)26(23)31)24-15-18(27(32)33)9-12-21(24)28(34)35-29/h9-15,30-31H,5-8H2,1-4H3,(H,32,33). The molecule has 4 rings (SSSR count). The highest BCUT2D eigenvalue weighted by Gasteiger charge is 2.52. The molecule has 0 radical (unpaired) electrons. The molecule has 182 valence electrons.